The van der Waals surface area contributed by atoms with Crippen molar-refractivity contribution in [3.05, 3.63) is 89.2 Å². The molecule has 0 saturated carbocycles. The second kappa shape index (κ2) is 10.2. The molecule has 4 heterocycles. The first-order valence-electron chi connectivity index (χ1n) is 13.3. The number of anilines is 1. The van der Waals surface area contributed by atoms with Crippen LogP contribution in [0.15, 0.2) is 67.6 Å². The predicted octanol–water partition coefficient (Wildman–Crippen LogP) is 2.63. The quantitative estimate of drug-likeness (QED) is 0.211. The molecule has 3 atom stereocenters. The van der Waals surface area contributed by atoms with Gasteiger partial charge in [0.2, 0.25) is 5.91 Å². The largest absolute Gasteiger partial charge is 0.398 e. The van der Waals surface area contributed by atoms with Crippen LogP contribution in [0, 0.1) is 0 Å². The minimum Gasteiger partial charge on any atom is -0.398 e. The van der Waals surface area contributed by atoms with Gasteiger partial charge in [-0.3, -0.25) is 24.4 Å². The first-order valence-corrected chi connectivity index (χ1v) is 14.1. The number of ketones is 1. The van der Waals surface area contributed by atoms with E-state index in [1.807, 2.05) is 6.07 Å². The highest BCUT2D eigenvalue weighted by Crippen LogP contribution is 2.49. The number of nitrogens with one attached hydrogen (secondary N) is 1. The summed E-state index contributed by atoms with van der Waals surface area (Å²) in [7, 11) is 0. The van der Waals surface area contributed by atoms with Crippen molar-refractivity contribution in [2.75, 3.05) is 18.8 Å². The van der Waals surface area contributed by atoms with Gasteiger partial charge in [0.1, 0.15) is 5.54 Å². The number of likely N-dealkylation sites (tertiary alicyclic amines) is 1. The molecule has 208 valence electrons. The molecule has 1 aliphatic heterocycles. The number of pyridine rings is 2. The number of piperidine rings is 1. The number of rotatable bonds is 5. The smallest absolute Gasteiger partial charge is 0.262 e. The Kier molecular flexibility index (Phi) is 6.65. The number of hydrogen-bond acceptors (Lipinski definition) is 9. The first kappa shape index (κ1) is 26.8. The van der Waals surface area contributed by atoms with E-state index in [1.165, 1.54) is 17.4 Å². The fourth-order valence-corrected chi connectivity index (χ4v) is 7.07. The standard InChI is InChI=1S/C30H29N7O3S/c1-2-22(38)37-12-4-6-18(15-37)36-29(40)27-24-23-19(7-8-20(31)26(23)41-27)30(33,28(39)25(24)32)17-9-11-35-21(13-17)16-5-3-10-34-14-16/h2-3,5,7-11,13-14,18,25H,1,4,6,12,15,31-33H2,(H,36,40). The summed E-state index contributed by atoms with van der Waals surface area (Å²) in [4.78, 5) is 50.5. The molecule has 1 fully saturated rings. The van der Waals surface area contributed by atoms with Crippen LogP contribution < -0.4 is 22.5 Å². The molecule has 1 aromatic carbocycles. The van der Waals surface area contributed by atoms with Gasteiger partial charge in [0.05, 0.1) is 21.3 Å². The molecule has 3 aromatic heterocycles. The molecular weight excluding hydrogens is 538 g/mol. The van der Waals surface area contributed by atoms with Crippen LogP contribution in [0.3, 0.4) is 0 Å². The summed E-state index contributed by atoms with van der Waals surface area (Å²) in [5, 5.41) is 3.67. The lowest BCUT2D eigenvalue weighted by atomic mass is 9.70. The van der Waals surface area contributed by atoms with Gasteiger partial charge < -0.3 is 27.4 Å². The maximum absolute atomic E-state index is 14.1. The Morgan fingerprint density at radius 1 is 1.22 bits per heavy atom. The Bertz CT molecular complexity index is 1720. The molecule has 10 nitrogen and oxygen atoms in total. The Morgan fingerprint density at radius 2 is 2.05 bits per heavy atom. The molecule has 7 N–H and O–H groups in total. The molecule has 0 spiro atoms. The molecule has 1 aliphatic carbocycles. The van der Waals surface area contributed by atoms with Crippen molar-refractivity contribution >= 4 is 44.7 Å². The zero-order chi connectivity index (χ0) is 28.9. The van der Waals surface area contributed by atoms with Crippen molar-refractivity contribution < 1.29 is 14.4 Å². The van der Waals surface area contributed by atoms with Crippen molar-refractivity contribution in [2.45, 2.75) is 30.5 Å². The Morgan fingerprint density at radius 3 is 2.80 bits per heavy atom. The van der Waals surface area contributed by atoms with E-state index in [9.17, 15) is 14.4 Å². The lowest BCUT2D eigenvalue weighted by Gasteiger charge is -2.37. The average molecular weight is 568 g/mol. The van der Waals surface area contributed by atoms with Crippen molar-refractivity contribution in [3.8, 4) is 11.3 Å². The Balaban J connectivity index is 1.43. The number of thiophene rings is 1. The van der Waals surface area contributed by atoms with E-state index in [1.54, 1.807) is 53.8 Å². The van der Waals surface area contributed by atoms with Crippen molar-refractivity contribution in [3.63, 3.8) is 0 Å². The number of aromatic nitrogens is 2. The summed E-state index contributed by atoms with van der Waals surface area (Å²) in [5.74, 6) is -0.972. The third kappa shape index (κ3) is 4.29. The normalized spacial score (nSPS) is 22.0. The minimum atomic E-state index is -1.60. The van der Waals surface area contributed by atoms with Gasteiger partial charge in [0, 0.05) is 59.9 Å². The lowest BCUT2D eigenvalue weighted by Crippen LogP contribution is -2.53. The molecule has 4 aromatic rings. The van der Waals surface area contributed by atoms with Crippen LogP contribution in [-0.4, -0.2) is 51.6 Å². The molecule has 3 unspecified atom stereocenters. The van der Waals surface area contributed by atoms with Crippen molar-refractivity contribution in [1.82, 2.24) is 20.2 Å². The molecule has 6 rings (SSSR count). The van der Waals surface area contributed by atoms with Crippen molar-refractivity contribution in [2.24, 2.45) is 11.5 Å². The van der Waals surface area contributed by atoms with E-state index in [-0.39, 0.29) is 17.9 Å². The maximum Gasteiger partial charge on any atom is 0.262 e. The van der Waals surface area contributed by atoms with E-state index in [0.717, 1.165) is 18.4 Å². The minimum absolute atomic E-state index is 0.173. The van der Waals surface area contributed by atoms with Gasteiger partial charge in [-0.1, -0.05) is 12.6 Å². The van der Waals surface area contributed by atoms with E-state index >= 15 is 0 Å². The third-order valence-electron chi connectivity index (χ3n) is 7.93. The van der Waals surface area contributed by atoms with Gasteiger partial charge in [-0.2, -0.15) is 0 Å². The van der Waals surface area contributed by atoms with E-state index in [0.29, 0.717) is 56.1 Å². The van der Waals surface area contributed by atoms with Gasteiger partial charge in [-0.15, -0.1) is 11.3 Å². The van der Waals surface area contributed by atoms with Crippen LogP contribution >= 0.6 is 11.3 Å². The number of hydrogen-bond donors (Lipinski definition) is 4. The fourth-order valence-electron chi connectivity index (χ4n) is 5.87. The zero-order valence-electron chi connectivity index (χ0n) is 22.2. The summed E-state index contributed by atoms with van der Waals surface area (Å²) in [6, 6.07) is 9.19. The van der Waals surface area contributed by atoms with E-state index < -0.39 is 17.4 Å². The van der Waals surface area contributed by atoms with E-state index in [2.05, 4.69) is 21.9 Å². The number of carbonyl (C=O) groups is 3. The lowest BCUT2D eigenvalue weighted by molar-refractivity contribution is -0.127. The summed E-state index contributed by atoms with van der Waals surface area (Å²) < 4.78 is 0.647. The van der Waals surface area contributed by atoms with Gasteiger partial charge in [0.15, 0.2) is 5.78 Å². The van der Waals surface area contributed by atoms with Gasteiger partial charge in [-0.25, -0.2) is 0 Å². The Labute approximate surface area is 240 Å². The monoisotopic (exact) mass is 567 g/mol. The number of nitrogens with two attached hydrogens (primary N) is 3. The summed E-state index contributed by atoms with van der Waals surface area (Å²) in [6.07, 6.45) is 7.71. The maximum atomic E-state index is 14.1. The highest BCUT2D eigenvalue weighted by Gasteiger charge is 2.49. The molecule has 41 heavy (non-hydrogen) atoms. The van der Waals surface area contributed by atoms with E-state index in [4.69, 9.17) is 17.2 Å². The molecule has 2 aliphatic rings. The number of Topliss-reactive ketones (excluding diaryl/α,β-unsaturated/α-hetero) is 1. The third-order valence-corrected chi connectivity index (χ3v) is 9.19. The van der Waals surface area contributed by atoms with Gasteiger partial charge in [-0.05, 0) is 60.4 Å². The van der Waals surface area contributed by atoms with Gasteiger partial charge in [0.25, 0.3) is 5.91 Å². The van der Waals surface area contributed by atoms with Crippen LogP contribution in [0.5, 0.6) is 0 Å². The molecular formula is C30H29N7O3S. The first-order chi connectivity index (χ1) is 19.7. The van der Waals surface area contributed by atoms with Crippen LogP contribution in [0.1, 0.15) is 45.2 Å². The molecule has 1 saturated heterocycles. The van der Waals surface area contributed by atoms with Crippen molar-refractivity contribution in [1.29, 1.82) is 0 Å². The highest BCUT2D eigenvalue weighted by molar-refractivity contribution is 7.21. The number of amides is 2. The van der Waals surface area contributed by atoms with Crippen LogP contribution in [0.4, 0.5) is 5.69 Å². The number of nitrogen functional groups attached to an aromatic ring is 1. The van der Waals surface area contributed by atoms with Crippen LogP contribution in [0.2, 0.25) is 0 Å². The van der Waals surface area contributed by atoms with Crippen LogP contribution in [-0.2, 0) is 15.1 Å². The second-order valence-electron chi connectivity index (χ2n) is 10.4. The fraction of sp³-hybridized carbons (Fsp3) is 0.233. The summed E-state index contributed by atoms with van der Waals surface area (Å²) in [6.45, 7) is 4.55. The number of carbonyl (C=O) groups excluding carboxylic acids is 3. The summed E-state index contributed by atoms with van der Waals surface area (Å²) in [5.41, 5.74) is 21.8. The summed E-state index contributed by atoms with van der Waals surface area (Å²) >= 11 is 1.20. The molecule has 0 radical (unpaired) electrons. The molecule has 0 bridgehead atoms. The SMILES string of the molecule is C=CC(=O)N1CCCC(NC(=O)c2sc3c(N)ccc4c3c2C(N)C(=O)C4(N)c2ccnc(-c3cccnc3)c2)C1. The van der Waals surface area contributed by atoms with Gasteiger partial charge >= 0.3 is 0 Å². The Hall–Kier alpha value is -4.45. The predicted molar refractivity (Wildman–Crippen MR) is 158 cm³/mol. The number of nitrogens with zero attached hydrogens (tertiary/aromatic N) is 3. The molecule has 11 heteroatoms. The topological polar surface area (TPSA) is 170 Å². The highest BCUT2D eigenvalue weighted by atomic mass is 32.1. The second-order valence-corrected chi connectivity index (χ2v) is 11.4. The average Bonchev–Trinajstić information content (AvgIpc) is 3.42. The molecule has 2 amide bonds. The van der Waals surface area contributed by atoms with Crippen LogP contribution in [0.25, 0.3) is 21.3 Å². The number of benzene rings is 1. The zero-order valence-corrected chi connectivity index (χ0v) is 23.0.